The van der Waals surface area contributed by atoms with Gasteiger partial charge in [0.15, 0.2) is 0 Å². The normalized spacial score (nSPS) is 36.1. The maximum absolute atomic E-state index is 2.44. The van der Waals surface area contributed by atoms with E-state index in [0.717, 1.165) is 30.1 Å². The lowest BCUT2D eigenvalue weighted by Crippen LogP contribution is -2.09. The van der Waals surface area contributed by atoms with Crippen LogP contribution in [-0.4, -0.2) is 0 Å². The van der Waals surface area contributed by atoms with Gasteiger partial charge in [-0.2, -0.15) is 0 Å². The summed E-state index contributed by atoms with van der Waals surface area (Å²) in [6, 6.07) is 0. The molecule has 3 aliphatic rings. The first-order valence-corrected chi connectivity index (χ1v) is 7.42. The second-order valence-electron chi connectivity index (χ2n) is 5.97. The topological polar surface area (TPSA) is 0 Å². The van der Waals surface area contributed by atoms with Gasteiger partial charge in [-0.15, -0.1) is 0 Å². The number of hydrogen-bond donors (Lipinski definition) is 0. The quantitative estimate of drug-likeness (QED) is 0.576. The summed E-state index contributed by atoms with van der Waals surface area (Å²) >= 11 is 0. The van der Waals surface area contributed by atoms with E-state index in [9.17, 15) is 0 Å². The molecule has 0 aromatic rings. The molecular formula is C18H26. The molecule has 3 rings (SSSR count). The second-order valence-corrected chi connectivity index (χ2v) is 5.97. The molecule has 0 saturated carbocycles. The van der Waals surface area contributed by atoms with Gasteiger partial charge in [0.1, 0.15) is 0 Å². The zero-order valence-electron chi connectivity index (χ0n) is 11.8. The summed E-state index contributed by atoms with van der Waals surface area (Å²) in [6.07, 6.45) is 23.2. The van der Waals surface area contributed by atoms with E-state index < -0.39 is 0 Å². The molecule has 4 atom stereocenters. The molecule has 18 heavy (non-hydrogen) atoms. The Morgan fingerprint density at radius 3 is 2.17 bits per heavy atom. The summed E-state index contributed by atoms with van der Waals surface area (Å²) in [5.74, 6) is 3.46. The van der Waals surface area contributed by atoms with Gasteiger partial charge in [-0.3, -0.25) is 0 Å². The van der Waals surface area contributed by atoms with E-state index in [1.807, 2.05) is 0 Å². The van der Waals surface area contributed by atoms with E-state index in [4.69, 9.17) is 0 Å². The van der Waals surface area contributed by atoms with Crippen molar-refractivity contribution >= 4 is 0 Å². The van der Waals surface area contributed by atoms with Gasteiger partial charge in [0.25, 0.3) is 0 Å². The average Bonchev–Trinajstić information content (AvgIpc) is 3.05. The van der Waals surface area contributed by atoms with Crippen molar-refractivity contribution in [3.63, 3.8) is 0 Å². The van der Waals surface area contributed by atoms with Crippen LogP contribution >= 0.6 is 0 Å². The van der Waals surface area contributed by atoms with Crippen LogP contribution in [0.4, 0.5) is 0 Å². The van der Waals surface area contributed by atoms with Crippen LogP contribution in [0, 0.1) is 23.7 Å². The minimum atomic E-state index is 0.823. The first-order valence-electron chi connectivity index (χ1n) is 7.42. The zero-order valence-corrected chi connectivity index (χ0v) is 11.8. The lowest BCUT2D eigenvalue weighted by atomic mass is 9.86. The second kappa shape index (κ2) is 6.78. The van der Waals surface area contributed by atoms with Gasteiger partial charge in [0.05, 0.1) is 0 Å². The highest BCUT2D eigenvalue weighted by Crippen LogP contribution is 2.35. The smallest absolute Gasteiger partial charge is 0.0163 e. The van der Waals surface area contributed by atoms with Gasteiger partial charge in [-0.05, 0) is 49.4 Å². The maximum Gasteiger partial charge on any atom is -0.0163 e. The molecule has 4 unspecified atom stereocenters. The van der Waals surface area contributed by atoms with Crippen LogP contribution < -0.4 is 0 Å². The van der Waals surface area contributed by atoms with E-state index in [-0.39, 0.29) is 0 Å². The van der Waals surface area contributed by atoms with Gasteiger partial charge in [0, 0.05) is 0 Å². The van der Waals surface area contributed by atoms with Gasteiger partial charge in [-0.1, -0.05) is 62.5 Å². The summed E-state index contributed by atoms with van der Waals surface area (Å²) in [7, 11) is 0. The highest BCUT2D eigenvalue weighted by Gasteiger charge is 2.24. The van der Waals surface area contributed by atoms with Crippen molar-refractivity contribution in [2.45, 2.75) is 39.5 Å². The molecule has 0 saturated heterocycles. The first-order chi connectivity index (χ1) is 8.75. The minimum absolute atomic E-state index is 0.823. The Bertz CT molecular complexity index is 346. The fourth-order valence-corrected chi connectivity index (χ4v) is 3.09. The number of hydrogen-bond acceptors (Lipinski definition) is 0. The van der Waals surface area contributed by atoms with Crippen LogP contribution in [0.2, 0.25) is 0 Å². The van der Waals surface area contributed by atoms with Crippen molar-refractivity contribution in [1.82, 2.24) is 0 Å². The molecule has 3 aliphatic carbocycles. The molecule has 0 aromatic carbocycles. The Morgan fingerprint density at radius 2 is 1.72 bits per heavy atom. The van der Waals surface area contributed by atoms with Crippen molar-refractivity contribution in [2.75, 3.05) is 0 Å². The first kappa shape index (κ1) is 13.4. The SMILES string of the molecule is C1=CCC=C1.CC1C=CC(CC2CC=CC2C)C1. The summed E-state index contributed by atoms with van der Waals surface area (Å²) in [5, 5.41) is 0. The minimum Gasteiger partial charge on any atom is -0.0880 e. The lowest BCUT2D eigenvalue weighted by molar-refractivity contribution is 0.355. The molecule has 0 radical (unpaired) electrons. The molecule has 0 N–H and O–H groups in total. The molecule has 0 heterocycles. The Morgan fingerprint density at radius 1 is 0.944 bits per heavy atom. The largest absolute Gasteiger partial charge is 0.0880 e. The van der Waals surface area contributed by atoms with E-state index in [2.05, 4.69) is 62.5 Å². The molecule has 0 aliphatic heterocycles. The Balaban J connectivity index is 0.000000202. The summed E-state index contributed by atoms with van der Waals surface area (Å²) in [5.41, 5.74) is 0. The molecule has 98 valence electrons. The molecule has 0 amide bonds. The predicted octanol–water partition coefficient (Wildman–Crippen LogP) is 5.30. The fourth-order valence-electron chi connectivity index (χ4n) is 3.09. The molecule has 0 heteroatoms. The van der Waals surface area contributed by atoms with Crippen molar-refractivity contribution in [2.24, 2.45) is 23.7 Å². The summed E-state index contributed by atoms with van der Waals surface area (Å²) in [6.45, 7) is 4.68. The Labute approximate surface area is 112 Å². The van der Waals surface area contributed by atoms with Gasteiger partial charge >= 0.3 is 0 Å². The van der Waals surface area contributed by atoms with Crippen molar-refractivity contribution in [1.29, 1.82) is 0 Å². The van der Waals surface area contributed by atoms with Gasteiger partial charge < -0.3 is 0 Å². The summed E-state index contributed by atoms with van der Waals surface area (Å²) in [4.78, 5) is 0. The van der Waals surface area contributed by atoms with E-state index in [1.54, 1.807) is 0 Å². The van der Waals surface area contributed by atoms with E-state index in [0.29, 0.717) is 0 Å². The molecule has 0 aromatic heterocycles. The van der Waals surface area contributed by atoms with Gasteiger partial charge in [-0.25, -0.2) is 0 Å². The van der Waals surface area contributed by atoms with Crippen LogP contribution in [0.3, 0.4) is 0 Å². The van der Waals surface area contributed by atoms with Gasteiger partial charge in [0.2, 0.25) is 0 Å². The molecule has 0 spiro atoms. The Kier molecular flexibility index (Phi) is 5.04. The third kappa shape index (κ3) is 4.01. The third-order valence-corrected chi connectivity index (χ3v) is 4.27. The third-order valence-electron chi connectivity index (χ3n) is 4.27. The van der Waals surface area contributed by atoms with Crippen LogP contribution in [0.15, 0.2) is 48.6 Å². The average molecular weight is 242 g/mol. The van der Waals surface area contributed by atoms with Crippen LogP contribution in [0.25, 0.3) is 0 Å². The van der Waals surface area contributed by atoms with Crippen LogP contribution in [0.1, 0.15) is 39.5 Å². The van der Waals surface area contributed by atoms with Crippen molar-refractivity contribution < 1.29 is 0 Å². The predicted molar refractivity (Wildman–Crippen MR) is 80.3 cm³/mol. The van der Waals surface area contributed by atoms with Crippen molar-refractivity contribution in [3.05, 3.63) is 48.6 Å². The summed E-state index contributed by atoms with van der Waals surface area (Å²) < 4.78 is 0. The molecular weight excluding hydrogens is 216 g/mol. The Hall–Kier alpha value is -1.04. The maximum atomic E-state index is 2.44. The zero-order chi connectivity index (χ0) is 12.8. The van der Waals surface area contributed by atoms with Crippen LogP contribution in [-0.2, 0) is 0 Å². The van der Waals surface area contributed by atoms with E-state index in [1.165, 1.54) is 19.3 Å². The van der Waals surface area contributed by atoms with Crippen LogP contribution in [0.5, 0.6) is 0 Å². The standard InChI is InChI=1S/C13H20.C5H6/c1-10-6-7-12(8-10)9-13-5-3-4-11(13)2;1-2-4-5-3-1/h3-4,6-7,10-13H,5,8-9H2,1-2H3;1-4H,5H2. The number of rotatable bonds is 2. The molecule has 0 fully saturated rings. The molecule has 0 bridgehead atoms. The monoisotopic (exact) mass is 242 g/mol. The highest BCUT2D eigenvalue weighted by atomic mass is 14.3. The lowest BCUT2D eigenvalue weighted by Gasteiger charge is -2.19. The van der Waals surface area contributed by atoms with Crippen molar-refractivity contribution in [3.8, 4) is 0 Å². The fraction of sp³-hybridized carbons (Fsp3) is 0.556. The highest BCUT2D eigenvalue weighted by molar-refractivity contribution is 5.12. The van der Waals surface area contributed by atoms with E-state index >= 15 is 0 Å². The molecule has 0 nitrogen and oxygen atoms in total. The number of allylic oxidation sites excluding steroid dienone is 8.